The number of aryl methyl sites for hydroxylation is 3. The Kier molecular flexibility index (Phi) is 7.32. The summed E-state index contributed by atoms with van der Waals surface area (Å²) in [6.45, 7) is 5.59. The third kappa shape index (κ3) is 5.42. The maximum Gasteiger partial charge on any atom is 0.244 e. The van der Waals surface area contributed by atoms with Crippen LogP contribution in [0.15, 0.2) is 36.4 Å². The second-order valence-corrected chi connectivity index (χ2v) is 10.6. The zero-order valence-corrected chi connectivity index (χ0v) is 20.2. The quantitative estimate of drug-likeness (QED) is 0.633. The van der Waals surface area contributed by atoms with Gasteiger partial charge in [-0.25, -0.2) is 8.42 Å². The Labute approximate surface area is 190 Å². The molecule has 168 valence electrons. The van der Waals surface area contributed by atoms with Crippen LogP contribution in [0.25, 0.3) is 0 Å². The highest BCUT2D eigenvalue weighted by molar-refractivity contribution is 7.92. The van der Waals surface area contributed by atoms with E-state index in [0.29, 0.717) is 17.1 Å². The standard InChI is InChI=1S/C24H31ClN2O3S/c1-5-23(27(31(4,29)30)21-13-10-16(2)22(25)15-21)24(28)26-17(3)19-12-11-18-8-6-7-9-20(18)14-19/h10-15,17,23H,5-9H2,1-4H3,(H,26,28)/t17-,23+/m0/s1. The Hall–Kier alpha value is -2.05. The SMILES string of the molecule is CC[C@H](C(=O)N[C@@H](C)c1ccc2c(c1)CCCC2)N(c1ccc(C)c(Cl)c1)S(C)(=O)=O. The smallest absolute Gasteiger partial charge is 0.244 e. The van der Waals surface area contributed by atoms with Crippen LogP contribution in [0.5, 0.6) is 0 Å². The summed E-state index contributed by atoms with van der Waals surface area (Å²) in [7, 11) is -3.70. The average molecular weight is 463 g/mol. The minimum absolute atomic E-state index is 0.225. The molecule has 5 nitrogen and oxygen atoms in total. The molecule has 0 unspecified atom stereocenters. The zero-order valence-electron chi connectivity index (χ0n) is 18.6. The Morgan fingerprint density at radius 3 is 2.42 bits per heavy atom. The monoisotopic (exact) mass is 462 g/mol. The van der Waals surface area contributed by atoms with Crippen LogP contribution in [0.3, 0.4) is 0 Å². The molecule has 1 N–H and O–H groups in total. The van der Waals surface area contributed by atoms with E-state index in [1.165, 1.54) is 28.3 Å². The van der Waals surface area contributed by atoms with Gasteiger partial charge in [-0.2, -0.15) is 0 Å². The summed E-state index contributed by atoms with van der Waals surface area (Å²) in [5.74, 6) is -0.324. The van der Waals surface area contributed by atoms with Crippen molar-refractivity contribution < 1.29 is 13.2 Å². The number of benzene rings is 2. The fraction of sp³-hybridized carbons (Fsp3) is 0.458. The lowest BCUT2D eigenvalue weighted by molar-refractivity contribution is -0.122. The fourth-order valence-electron chi connectivity index (χ4n) is 4.19. The number of anilines is 1. The number of nitrogens with zero attached hydrogens (tertiary/aromatic N) is 1. The summed E-state index contributed by atoms with van der Waals surface area (Å²) >= 11 is 6.24. The predicted octanol–water partition coefficient (Wildman–Crippen LogP) is 4.95. The van der Waals surface area contributed by atoms with E-state index in [-0.39, 0.29) is 11.9 Å². The second kappa shape index (κ2) is 9.61. The lowest BCUT2D eigenvalue weighted by Crippen LogP contribution is -2.49. The number of carbonyl (C=O) groups excluding carboxylic acids is 1. The van der Waals surface area contributed by atoms with Crippen LogP contribution in [0.1, 0.15) is 61.4 Å². The number of hydrogen-bond donors (Lipinski definition) is 1. The van der Waals surface area contributed by atoms with Crippen LogP contribution >= 0.6 is 11.6 Å². The van der Waals surface area contributed by atoms with E-state index in [9.17, 15) is 13.2 Å². The molecule has 0 aliphatic heterocycles. The predicted molar refractivity (Wildman–Crippen MR) is 127 cm³/mol. The van der Waals surface area contributed by atoms with Crippen molar-refractivity contribution in [2.45, 2.75) is 65.0 Å². The number of nitrogens with one attached hydrogen (secondary N) is 1. The van der Waals surface area contributed by atoms with Gasteiger partial charge in [0.2, 0.25) is 15.9 Å². The number of carbonyl (C=O) groups is 1. The van der Waals surface area contributed by atoms with Crippen LogP contribution in [-0.2, 0) is 27.7 Å². The van der Waals surface area contributed by atoms with Crippen LogP contribution in [0, 0.1) is 6.92 Å². The van der Waals surface area contributed by atoms with E-state index in [0.717, 1.165) is 30.2 Å². The van der Waals surface area contributed by atoms with Crippen molar-refractivity contribution in [3.05, 3.63) is 63.7 Å². The van der Waals surface area contributed by atoms with Gasteiger partial charge in [0.25, 0.3) is 0 Å². The Bertz CT molecular complexity index is 1070. The van der Waals surface area contributed by atoms with Crippen molar-refractivity contribution >= 4 is 33.2 Å². The summed E-state index contributed by atoms with van der Waals surface area (Å²) in [4.78, 5) is 13.2. The maximum atomic E-state index is 13.2. The second-order valence-electron chi connectivity index (χ2n) is 8.38. The minimum Gasteiger partial charge on any atom is -0.348 e. The highest BCUT2D eigenvalue weighted by Crippen LogP contribution is 2.29. The molecular weight excluding hydrogens is 432 g/mol. The number of amides is 1. The minimum atomic E-state index is -3.70. The molecule has 0 saturated heterocycles. The lowest BCUT2D eigenvalue weighted by Gasteiger charge is -2.31. The van der Waals surface area contributed by atoms with Gasteiger partial charge in [0.15, 0.2) is 0 Å². The third-order valence-corrected chi connectivity index (χ3v) is 7.56. The average Bonchev–Trinajstić information content (AvgIpc) is 2.72. The summed E-state index contributed by atoms with van der Waals surface area (Å²) in [5.41, 5.74) is 5.01. The first-order valence-electron chi connectivity index (χ1n) is 10.8. The Balaban J connectivity index is 1.85. The fourth-order valence-corrected chi connectivity index (χ4v) is 5.57. The van der Waals surface area contributed by atoms with E-state index < -0.39 is 16.1 Å². The van der Waals surface area contributed by atoms with Gasteiger partial charge in [-0.05, 0) is 80.3 Å². The molecule has 2 atom stereocenters. The van der Waals surface area contributed by atoms with Crippen LogP contribution in [0.4, 0.5) is 5.69 Å². The van der Waals surface area contributed by atoms with Crippen LogP contribution < -0.4 is 9.62 Å². The van der Waals surface area contributed by atoms with Gasteiger partial charge in [0.05, 0.1) is 18.0 Å². The van der Waals surface area contributed by atoms with Gasteiger partial charge in [-0.3, -0.25) is 9.10 Å². The summed E-state index contributed by atoms with van der Waals surface area (Å²) in [6, 6.07) is 10.3. The van der Waals surface area contributed by atoms with Crippen LogP contribution in [-0.4, -0.2) is 26.6 Å². The van der Waals surface area contributed by atoms with Gasteiger partial charge in [0, 0.05) is 5.02 Å². The van der Waals surface area contributed by atoms with Crippen molar-refractivity contribution in [1.82, 2.24) is 5.32 Å². The molecule has 0 spiro atoms. The largest absolute Gasteiger partial charge is 0.348 e. The Morgan fingerprint density at radius 2 is 1.81 bits per heavy atom. The first kappa shape index (κ1) is 23.6. The first-order chi connectivity index (χ1) is 14.6. The van der Waals surface area contributed by atoms with E-state index in [1.807, 2.05) is 20.8 Å². The molecule has 2 aromatic carbocycles. The number of halogens is 1. The molecule has 1 amide bonds. The summed E-state index contributed by atoms with van der Waals surface area (Å²) in [5, 5.41) is 3.49. The van der Waals surface area contributed by atoms with E-state index >= 15 is 0 Å². The normalized spacial score (nSPS) is 15.6. The molecule has 3 rings (SSSR count). The van der Waals surface area contributed by atoms with Crippen molar-refractivity contribution in [3.8, 4) is 0 Å². The lowest BCUT2D eigenvalue weighted by atomic mass is 9.89. The molecule has 1 aliphatic rings. The number of rotatable bonds is 7. The summed E-state index contributed by atoms with van der Waals surface area (Å²) in [6.07, 6.45) is 6.04. The Morgan fingerprint density at radius 1 is 1.13 bits per heavy atom. The zero-order chi connectivity index (χ0) is 22.8. The molecule has 0 bridgehead atoms. The highest BCUT2D eigenvalue weighted by Gasteiger charge is 2.32. The van der Waals surface area contributed by atoms with Gasteiger partial charge in [-0.15, -0.1) is 0 Å². The highest BCUT2D eigenvalue weighted by atomic mass is 35.5. The molecule has 31 heavy (non-hydrogen) atoms. The molecule has 1 aliphatic carbocycles. The summed E-state index contributed by atoms with van der Waals surface area (Å²) < 4.78 is 26.5. The molecule has 0 radical (unpaired) electrons. The molecular formula is C24H31ClN2O3S. The molecule has 0 fully saturated rings. The molecule has 0 saturated carbocycles. The van der Waals surface area contributed by atoms with Gasteiger partial charge in [-0.1, -0.05) is 42.8 Å². The third-order valence-electron chi connectivity index (χ3n) is 5.97. The number of hydrogen-bond acceptors (Lipinski definition) is 3. The van der Waals surface area contributed by atoms with Gasteiger partial charge in [0.1, 0.15) is 6.04 Å². The number of sulfonamides is 1. The molecule has 2 aromatic rings. The maximum absolute atomic E-state index is 13.2. The molecule has 7 heteroatoms. The topological polar surface area (TPSA) is 66.5 Å². The van der Waals surface area contributed by atoms with Crippen molar-refractivity contribution in [2.75, 3.05) is 10.6 Å². The van der Waals surface area contributed by atoms with E-state index in [2.05, 4.69) is 23.5 Å². The molecule has 0 aromatic heterocycles. The van der Waals surface area contributed by atoms with Crippen molar-refractivity contribution in [2.24, 2.45) is 0 Å². The van der Waals surface area contributed by atoms with Crippen molar-refractivity contribution in [1.29, 1.82) is 0 Å². The first-order valence-corrected chi connectivity index (χ1v) is 13.0. The van der Waals surface area contributed by atoms with Crippen LogP contribution in [0.2, 0.25) is 5.02 Å². The van der Waals surface area contributed by atoms with E-state index in [1.54, 1.807) is 18.2 Å². The number of fused-ring (bicyclic) bond motifs is 1. The van der Waals surface area contributed by atoms with Gasteiger partial charge >= 0.3 is 0 Å². The molecule has 0 heterocycles. The van der Waals surface area contributed by atoms with E-state index in [4.69, 9.17) is 11.6 Å². The van der Waals surface area contributed by atoms with Gasteiger partial charge < -0.3 is 5.32 Å². The van der Waals surface area contributed by atoms with Crippen molar-refractivity contribution in [3.63, 3.8) is 0 Å².